The van der Waals surface area contributed by atoms with Gasteiger partial charge in [0.15, 0.2) is 6.10 Å². The van der Waals surface area contributed by atoms with Crippen molar-refractivity contribution in [2.75, 3.05) is 6.26 Å². The molecule has 0 aliphatic heterocycles. The summed E-state index contributed by atoms with van der Waals surface area (Å²) in [6.07, 6.45) is 1.04. The van der Waals surface area contributed by atoms with E-state index >= 15 is 0 Å². The summed E-state index contributed by atoms with van der Waals surface area (Å²) in [5.74, 6) is -0.727. The van der Waals surface area contributed by atoms with E-state index in [1.807, 2.05) is 55.6 Å². The summed E-state index contributed by atoms with van der Waals surface area (Å²) in [5, 5.41) is 12.0. The Kier molecular flexibility index (Phi) is 7.09. The molecule has 0 fully saturated rings. The molecule has 5 nitrogen and oxygen atoms in total. The first-order valence-electron chi connectivity index (χ1n) is 8.28. The van der Waals surface area contributed by atoms with E-state index in [1.165, 1.54) is 0 Å². The van der Waals surface area contributed by atoms with Crippen LogP contribution in [0.5, 0.6) is 5.75 Å². The van der Waals surface area contributed by atoms with Crippen LogP contribution < -0.4 is 10.1 Å². The minimum Gasteiger partial charge on any atom is -0.481 e. The van der Waals surface area contributed by atoms with Gasteiger partial charge in [0.2, 0.25) is 0 Å². The summed E-state index contributed by atoms with van der Waals surface area (Å²) < 4.78 is 5.67. The van der Waals surface area contributed by atoms with Crippen LogP contribution in [0.25, 0.3) is 0 Å². The van der Waals surface area contributed by atoms with E-state index in [-0.39, 0.29) is 12.3 Å². The van der Waals surface area contributed by atoms with Gasteiger partial charge in [0.25, 0.3) is 5.91 Å². The lowest BCUT2D eigenvalue weighted by atomic mass is 10.0. The molecular formula is C20H23NO4S. The number of hydrogen-bond donors (Lipinski definition) is 2. The van der Waals surface area contributed by atoms with Crippen molar-refractivity contribution in [3.05, 3.63) is 59.7 Å². The summed E-state index contributed by atoms with van der Waals surface area (Å²) in [6.45, 7) is 3.59. The summed E-state index contributed by atoms with van der Waals surface area (Å²) in [4.78, 5) is 24.8. The largest absolute Gasteiger partial charge is 0.481 e. The number of carbonyl (C=O) groups is 2. The molecule has 138 valence electrons. The molecule has 0 heterocycles. The Labute approximate surface area is 157 Å². The highest BCUT2D eigenvalue weighted by Gasteiger charge is 2.22. The fraction of sp³-hybridized carbons (Fsp3) is 0.300. The van der Waals surface area contributed by atoms with Crippen molar-refractivity contribution < 1.29 is 19.4 Å². The second-order valence-corrected chi connectivity index (χ2v) is 6.89. The van der Waals surface area contributed by atoms with Crippen LogP contribution in [-0.4, -0.2) is 29.3 Å². The first-order valence-corrected chi connectivity index (χ1v) is 9.51. The van der Waals surface area contributed by atoms with Crippen LogP contribution in [0.3, 0.4) is 0 Å². The maximum absolute atomic E-state index is 12.5. The average Bonchev–Trinajstić information content (AvgIpc) is 2.60. The van der Waals surface area contributed by atoms with Crippen molar-refractivity contribution in [1.29, 1.82) is 0 Å². The van der Waals surface area contributed by atoms with Gasteiger partial charge < -0.3 is 15.2 Å². The van der Waals surface area contributed by atoms with Crippen molar-refractivity contribution in [3.8, 4) is 5.75 Å². The Morgan fingerprint density at radius 2 is 1.88 bits per heavy atom. The van der Waals surface area contributed by atoms with Crippen LogP contribution in [0.2, 0.25) is 0 Å². The number of aryl methyl sites for hydroxylation is 1. The molecule has 2 N–H and O–H groups in total. The third kappa shape index (κ3) is 5.81. The van der Waals surface area contributed by atoms with Gasteiger partial charge in [-0.05, 0) is 55.5 Å². The van der Waals surface area contributed by atoms with Gasteiger partial charge in [-0.25, -0.2) is 0 Å². The van der Waals surface area contributed by atoms with Crippen molar-refractivity contribution in [1.82, 2.24) is 5.32 Å². The maximum Gasteiger partial charge on any atom is 0.305 e. The number of rotatable bonds is 8. The van der Waals surface area contributed by atoms with E-state index in [0.29, 0.717) is 5.75 Å². The lowest BCUT2D eigenvalue weighted by molar-refractivity contribution is -0.138. The number of carbonyl (C=O) groups excluding carboxylic acids is 1. The fourth-order valence-electron chi connectivity index (χ4n) is 2.50. The number of thioether (sulfide) groups is 1. The van der Waals surface area contributed by atoms with Crippen LogP contribution in [0.15, 0.2) is 53.4 Å². The Morgan fingerprint density at radius 3 is 2.46 bits per heavy atom. The first-order chi connectivity index (χ1) is 12.4. The van der Waals surface area contributed by atoms with Gasteiger partial charge >= 0.3 is 5.97 Å². The standard InChI is InChI=1S/C20H23NO4S/c1-13-5-4-6-16(11-13)25-14(2)20(24)21-18(12-19(22)23)15-7-9-17(26-3)10-8-15/h4-11,14,18H,12H2,1-3H3,(H,21,24)(H,22,23). The zero-order valence-electron chi connectivity index (χ0n) is 15.1. The van der Waals surface area contributed by atoms with E-state index < -0.39 is 18.1 Å². The molecule has 0 aliphatic rings. The van der Waals surface area contributed by atoms with Crippen molar-refractivity contribution in [3.63, 3.8) is 0 Å². The Hall–Kier alpha value is -2.47. The van der Waals surface area contributed by atoms with Crippen molar-refractivity contribution >= 4 is 23.6 Å². The summed E-state index contributed by atoms with van der Waals surface area (Å²) >= 11 is 1.60. The van der Waals surface area contributed by atoms with Gasteiger partial charge in [0.05, 0.1) is 12.5 Å². The molecule has 1 amide bonds. The molecule has 0 aromatic heterocycles. The fourth-order valence-corrected chi connectivity index (χ4v) is 2.91. The Bertz CT molecular complexity index is 761. The van der Waals surface area contributed by atoms with E-state index in [9.17, 15) is 14.7 Å². The molecule has 2 unspecified atom stereocenters. The summed E-state index contributed by atoms with van der Waals surface area (Å²) in [6, 6.07) is 14.3. The summed E-state index contributed by atoms with van der Waals surface area (Å²) in [7, 11) is 0. The maximum atomic E-state index is 12.5. The van der Waals surface area contributed by atoms with E-state index in [4.69, 9.17) is 4.74 Å². The highest BCUT2D eigenvalue weighted by atomic mass is 32.2. The zero-order chi connectivity index (χ0) is 19.1. The minimum atomic E-state index is -0.975. The first kappa shape index (κ1) is 19.8. The number of carboxylic acids is 1. The number of ether oxygens (including phenoxy) is 1. The van der Waals surface area contributed by atoms with E-state index in [2.05, 4.69) is 5.32 Å². The number of nitrogens with one attached hydrogen (secondary N) is 1. The molecular weight excluding hydrogens is 350 g/mol. The third-order valence-corrected chi connectivity index (χ3v) is 4.63. The molecule has 2 aromatic carbocycles. The number of carboxylic acid groups (broad SMARTS) is 1. The zero-order valence-corrected chi connectivity index (χ0v) is 15.9. The lowest BCUT2D eigenvalue weighted by Crippen LogP contribution is -2.39. The average molecular weight is 373 g/mol. The van der Waals surface area contributed by atoms with Crippen LogP contribution in [-0.2, 0) is 9.59 Å². The molecule has 2 rings (SSSR count). The molecule has 0 radical (unpaired) electrons. The number of aliphatic carboxylic acids is 1. The van der Waals surface area contributed by atoms with Crippen LogP contribution in [0, 0.1) is 6.92 Å². The highest BCUT2D eigenvalue weighted by molar-refractivity contribution is 7.98. The van der Waals surface area contributed by atoms with Crippen molar-refractivity contribution in [2.45, 2.75) is 37.3 Å². The molecule has 0 spiro atoms. The van der Waals surface area contributed by atoms with Crippen LogP contribution >= 0.6 is 11.8 Å². The predicted molar refractivity (Wildman–Crippen MR) is 103 cm³/mol. The Morgan fingerprint density at radius 1 is 1.19 bits per heavy atom. The number of hydrogen-bond acceptors (Lipinski definition) is 4. The SMILES string of the molecule is CSc1ccc(C(CC(=O)O)NC(=O)C(C)Oc2cccc(C)c2)cc1. The number of amides is 1. The Balaban J connectivity index is 2.08. The summed E-state index contributed by atoms with van der Waals surface area (Å²) in [5.41, 5.74) is 1.79. The quantitative estimate of drug-likeness (QED) is 0.688. The molecule has 6 heteroatoms. The highest BCUT2D eigenvalue weighted by Crippen LogP contribution is 2.22. The van der Waals surface area contributed by atoms with E-state index in [1.54, 1.807) is 24.8 Å². The van der Waals surface area contributed by atoms with Gasteiger partial charge in [0.1, 0.15) is 5.75 Å². The number of benzene rings is 2. The molecule has 26 heavy (non-hydrogen) atoms. The molecule has 2 aromatic rings. The molecule has 0 saturated carbocycles. The van der Waals surface area contributed by atoms with Gasteiger partial charge in [0, 0.05) is 4.90 Å². The van der Waals surface area contributed by atoms with Crippen LogP contribution in [0.4, 0.5) is 0 Å². The van der Waals surface area contributed by atoms with Crippen molar-refractivity contribution in [2.24, 2.45) is 0 Å². The van der Waals surface area contributed by atoms with Gasteiger partial charge in [-0.3, -0.25) is 9.59 Å². The van der Waals surface area contributed by atoms with Gasteiger partial charge in [-0.2, -0.15) is 0 Å². The monoisotopic (exact) mass is 373 g/mol. The minimum absolute atomic E-state index is 0.193. The molecule has 0 bridgehead atoms. The third-order valence-electron chi connectivity index (χ3n) is 3.89. The normalized spacial score (nSPS) is 12.9. The molecule has 0 aliphatic carbocycles. The smallest absolute Gasteiger partial charge is 0.305 e. The van der Waals surface area contributed by atoms with Gasteiger partial charge in [-0.15, -0.1) is 11.8 Å². The molecule has 2 atom stereocenters. The second-order valence-electron chi connectivity index (χ2n) is 6.01. The van der Waals surface area contributed by atoms with Gasteiger partial charge in [-0.1, -0.05) is 24.3 Å². The van der Waals surface area contributed by atoms with E-state index in [0.717, 1.165) is 16.0 Å². The van der Waals surface area contributed by atoms with Crippen LogP contribution in [0.1, 0.15) is 30.5 Å². The predicted octanol–water partition coefficient (Wildman–Crippen LogP) is 3.82. The second kappa shape index (κ2) is 9.29. The topological polar surface area (TPSA) is 75.6 Å². The lowest BCUT2D eigenvalue weighted by Gasteiger charge is -2.21. The molecule has 0 saturated heterocycles.